The first-order valence-electron chi connectivity index (χ1n) is 8.35. The van der Waals surface area contributed by atoms with Crippen LogP contribution in [0.4, 0.5) is 5.69 Å². The Morgan fingerprint density at radius 1 is 1.27 bits per heavy atom. The first-order valence-corrected chi connectivity index (χ1v) is 8.76. The van der Waals surface area contributed by atoms with Crippen molar-refractivity contribution in [3.8, 4) is 17.3 Å². The van der Waals surface area contributed by atoms with Crippen LogP contribution in [0.25, 0.3) is 11.5 Å². The van der Waals surface area contributed by atoms with Crippen LogP contribution in [0.1, 0.15) is 19.4 Å². The fourth-order valence-corrected chi connectivity index (χ4v) is 2.79. The van der Waals surface area contributed by atoms with Gasteiger partial charge in [-0.3, -0.25) is 4.98 Å². The maximum atomic E-state index is 10.3. The third kappa shape index (κ3) is 3.65. The zero-order chi connectivity index (χ0) is 18.5. The minimum absolute atomic E-state index is 0.160. The molecule has 1 aromatic carbocycles. The Kier molecular flexibility index (Phi) is 5.43. The number of phenols is 1. The molecule has 2 aromatic heterocycles. The molecule has 0 saturated carbocycles. The van der Waals surface area contributed by atoms with Crippen LogP contribution in [0.3, 0.4) is 0 Å². The number of aromatic hydroxyl groups is 1. The third-order valence-electron chi connectivity index (χ3n) is 4.00. The summed E-state index contributed by atoms with van der Waals surface area (Å²) in [6.07, 6.45) is 3.23. The number of benzene rings is 1. The number of anilines is 1. The van der Waals surface area contributed by atoms with Crippen LogP contribution in [0.15, 0.2) is 47.7 Å². The summed E-state index contributed by atoms with van der Waals surface area (Å²) >= 11 is 5.24. The Labute approximate surface area is 156 Å². The molecule has 26 heavy (non-hydrogen) atoms. The highest BCUT2D eigenvalue weighted by atomic mass is 32.1. The Morgan fingerprint density at radius 2 is 2.08 bits per heavy atom. The topological polar surface area (TPSA) is 82.3 Å². The van der Waals surface area contributed by atoms with E-state index in [0.29, 0.717) is 21.9 Å². The van der Waals surface area contributed by atoms with Gasteiger partial charge in [-0.1, -0.05) is 6.07 Å². The molecular formula is C18H20N6OS. The van der Waals surface area contributed by atoms with Gasteiger partial charge in [-0.25, -0.2) is 5.10 Å². The second kappa shape index (κ2) is 7.92. The number of hydrogen-bond acceptors (Lipinski definition) is 6. The van der Waals surface area contributed by atoms with Gasteiger partial charge in [0.1, 0.15) is 11.4 Å². The SMILES string of the molecule is CCN(CC)c1ccc(/C=N/n2c(-c3ccccn3)n[nH]c2=S)c(O)c1. The van der Waals surface area contributed by atoms with Crippen LogP contribution in [0.2, 0.25) is 0 Å². The van der Waals surface area contributed by atoms with Crippen LogP contribution >= 0.6 is 12.2 Å². The first kappa shape index (κ1) is 17.8. The first-order chi connectivity index (χ1) is 12.6. The quantitative estimate of drug-likeness (QED) is 0.514. The number of nitrogens with one attached hydrogen (secondary N) is 1. The number of pyridine rings is 1. The molecule has 3 rings (SSSR count). The Morgan fingerprint density at radius 3 is 2.73 bits per heavy atom. The van der Waals surface area contributed by atoms with E-state index in [1.54, 1.807) is 18.5 Å². The van der Waals surface area contributed by atoms with E-state index in [4.69, 9.17) is 12.2 Å². The highest BCUT2D eigenvalue weighted by molar-refractivity contribution is 7.71. The van der Waals surface area contributed by atoms with Crippen LogP contribution in [-0.4, -0.2) is 44.3 Å². The number of nitrogens with zero attached hydrogens (tertiary/aromatic N) is 5. The van der Waals surface area contributed by atoms with Crippen molar-refractivity contribution in [2.45, 2.75) is 13.8 Å². The second-order valence-corrected chi connectivity index (χ2v) is 5.93. The van der Waals surface area contributed by atoms with Crippen molar-refractivity contribution in [2.24, 2.45) is 5.10 Å². The van der Waals surface area contributed by atoms with Gasteiger partial charge in [0, 0.05) is 36.6 Å². The number of aromatic amines is 1. The molecule has 0 radical (unpaired) electrons. The lowest BCUT2D eigenvalue weighted by molar-refractivity contribution is 0.474. The molecule has 0 aliphatic carbocycles. The fraction of sp³-hybridized carbons (Fsp3) is 0.222. The summed E-state index contributed by atoms with van der Waals surface area (Å²) in [5.41, 5.74) is 2.22. The van der Waals surface area contributed by atoms with E-state index in [1.807, 2.05) is 30.3 Å². The summed E-state index contributed by atoms with van der Waals surface area (Å²) in [7, 11) is 0. The summed E-state index contributed by atoms with van der Waals surface area (Å²) in [5.74, 6) is 0.665. The van der Waals surface area contributed by atoms with Gasteiger partial charge in [-0.05, 0) is 50.3 Å². The summed E-state index contributed by atoms with van der Waals surface area (Å²) in [5, 5.41) is 21.6. The van der Waals surface area contributed by atoms with Crippen molar-refractivity contribution in [1.29, 1.82) is 0 Å². The molecule has 0 spiro atoms. The lowest BCUT2D eigenvalue weighted by Gasteiger charge is -2.21. The zero-order valence-corrected chi connectivity index (χ0v) is 15.4. The Bertz CT molecular complexity index is 959. The summed E-state index contributed by atoms with van der Waals surface area (Å²) < 4.78 is 1.83. The van der Waals surface area contributed by atoms with E-state index >= 15 is 0 Å². The fourth-order valence-electron chi connectivity index (χ4n) is 2.61. The van der Waals surface area contributed by atoms with Crippen LogP contribution < -0.4 is 4.90 Å². The molecule has 7 nitrogen and oxygen atoms in total. The van der Waals surface area contributed by atoms with E-state index < -0.39 is 0 Å². The minimum Gasteiger partial charge on any atom is -0.507 e. The molecule has 0 aliphatic rings. The maximum absolute atomic E-state index is 10.3. The summed E-state index contributed by atoms with van der Waals surface area (Å²) in [4.78, 5) is 6.43. The van der Waals surface area contributed by atoms with Crippen LogP contribution in [0.5, 0.6) is 5.75 Å². The van der Waals surface area contributed by atoms with Gasteiger partial charge in [0.25, 0.3) is 0 Å². The average Bonchev–Trinajstić information content (AvgIpc) is 3.03. The van der Waals surface area contributed by atoms with E-state index in [2.05, 4.69) is 39.0 Å². The number of H-pyrrole nitrogens is 1. The second-order valence-electron chi connectivity index (χ2n) is 5.54. The van der Waals surface area contributed by atoms with Gasteiger partial charge in [-0.15, -0.1) is 0 Å². The van der Waals surface area contributed by atoms with Crippen LogP contribution in [-0.2, 0) is 0 Å². The van der Waals surface area contributed by atoms with Gasteiger partial charge < -0.3 is 10.0 Å². The molecule has 3 aromatic rings. The van der Waals surface area contributed by atoms with Crippen molar-refractivity contribution in [1.82, 2.24) is 19.9 Å². The maximum Gasteiger partial charge on any atom is 0.216 e. The van der Waals surface area contributed by atoms with E-state index in [9.17, 15) is 5.11 Å². The zero-order valence-electron chi connectivity index (χ0n) is 14.6. The monoisotopic (exact) mass is 368 g/mol. The molecule has 0 atom stereocenters. The molecule has 2 heterocycles. The highest BCUT2D eigenvalue weighted by Gasteiger charge is 2.09. The lowest BCUT2D eigenvalue weighted by atomic mass is 10.2. The van der Waals surface area contributed by atoms with Gasteiger partial charge in [0.15, 0.2) is 0 Å². The Hall–Kier alpha value is -3.00. The molecule has 0 fully saturated rings. The number of phenolic OH excluding ortho intramolecular Hbond substituents is 1. The van der Waals surface area contributed by atoms with Gasteiger partial charge in [0.2, 0.25) is 10.6 Å². The molecule has 2 N–H and O–H groups in total. The molecule has 8 heteroatoms. The van der Waals surface area contributed by atoms with Crippen molar-refractivity contribution in [3.63, 3.8) is 0 Å². The predicted octanol–water partition coefficient (Wildman–Crippen LogP) is 3.44. The normalized spacial score (nSPS) is 11.2. The Balaban J connectivity index is 1.92. The smallest absolute Gasteiger partial charge is 0.216 e. The number of rotatable bonds is 6. The minimum atomic E-state index is 0.160. The summed E-state index contributed by atoms with van der Waals surface area (Å²) in [6, 6.07) is 11.1. The van der Waals surface area contributed by atoms with Crippen LogP contribution in [0, 0.1) is 4.77 Å². The largest absolute Gasteiger partial charge is 0.507 e. The van der Waals surface area contributed by atoms with Gasteiger partial charge in [-0.2, -0.15) is 14.9 Å². The molecular weight excluding hydrogens is 348 g/mol. The van der Waals surface area contributed by atoms with Crippen molar-refractivity contribution in [2.75, 3.05) is 18.0 Å². The van der Waals surface area contributed by atoms with Gasteiger partial charge >= 0.3 is 0 Å². The van der Waals surface area contributed by atoms with Crippen molar-refractivity contribution >= 4 is 24.1 Å². The molecule has 0 unspecified atom stereocenters. The van der Waals surface area contributed by atoms with E-state index in [0.717, 1.165) is 18.8 Å². The molecule has 0 amide bonds. The number of aromatic nitrogens is 4. The van der Waals surface area contributed by atoms with Crippen molar-refractivity contribution in [3.05, 3.63) is 52.9 Å². The molecule has 0 aliphatic heterocycles. The third-order valence-corrected chi connectivity index (χ3v) is 4.26. The average molecular weight is 368 g/mol. The number of hydrogen-bond donors (Lipinski definition) is 2. The summed E-state index contributed by atoms with van der Waals surface area (Å²) in [6.45, 7) is 5.91. The molecule has 0 bridgehead atoms. The lowest BCUT2D eigenvalue weighted by Crippen LogP contribution is -2.21. The molecule has 134 valence electrons. The molecule has 0 saturated heterocycles. The van der Waals surface area contributed by atoms with Crippen molar-refractivity contribution < 1.29 is 5.11 Å². The standard InChI is InChI=1S/C18H20N6OS/c1-3-23(4-2)14-9-8-13(16(25)11-14)12-20-24-17(21-22-18(24)26)15-7-5-6-10-19-15/h5-12,25H,3-4H2,1-2H3,(H,22,26)/b20-12+. The van der Waals surface area contributed by atoms with Gasteiger partial charge in [0.05, 0.1) is 6.21 Å². The van der Waals surface area contributed by atoms with E-state index in [-0.39, 0.29) is 5.75 Å². The highest BCUT2D eigenvalue weighted by Crippen LogP contribution is 2.24. The van der Waals surface area contributed by atoms with E-state index in [1.165, 1.54) is 4.68 Å². The predicted molar refractivity (Wildman–Crippen MR) is 105 cm³/mol.